The van der Waals surface area contributed by atoms with E-state index in [0.29, 0.717) is 0 Å². The van der Waals surface area contributed by atoms with Gasteiger partial charge in [-0.25, -0.2) is 8.78 Å². The van der Waals surface area contributed by atoms with Crippen LogP contribution in [0.15, 0.2) is 29.1 Å². The van der Waals surface area contributed by atoms with E-state index < -0.39 is 29.7 Å². The second-order valence-corrected chi connectivity index (χ2v) is 5.48. The van der Waals surface area contributed by atoms with Crippen LogP contribution >= 0.6 is 0 Å². The number of hydrogen-bond donors (Lipinski definition) is 2. The molecule has 23 heavy (non-hydrogen) atoms. The molecular formula is C15H17F2N3O3. The molecule has 1 amide bonds. The van der Waals surface area contributed by atoms with Crippen LogP contribution in [0.4, 0.5) is 8.78 Å². The fraction of sp³-hybridized carbons (Fsp3) is 0.400. The maximum Gasteiger partial charge on any atom is 0.223 e. The van der Waals surface area contributed by atoms with Crippen LogP contribution in [0.25, 0.3) is 0 Å². The minimum atomic E-state index is -1.05. The summed E-state index contributed by atoms with van der Waals surface area (Å²) in [6.07, 6.45) is 0.124. The van der Waals surface area contributed by atoms with Crippen molar-refractivity contribution in [2.75, 3.05) is 0 Å². The number of carbonyl (C=O) groups is 1. The lowest BCUT2D eigenvalue weighted by Gasteiger charge is -2.19. The number of amides is 1. The maximum absolute atomic E-state index is 13.4. The van der Waals surface area contributed by atoms with Crippen molar-refractivity contribution in [1.29, 1.82) is 0 Å². The number of rotatable bonds is 6. The normalized spacial score (nSPS) is 13.8. The smallest absolute Gasteiger partial charge is 0.223 e. The summed E-state index contributed by atoms with van der Waals surface area (Å²) in [5.41, 5.74) is 0.262. The van der Waals surface area contributed by atoms with Crippen molar-refractivity contribution in [1.82, 2.24) is 15.5 Å². The minimum Gasteiger partial charge on any atom is -0.392 e. The van der Waals surface area contributed by atoms with Crippen LogP contribution in [0.1, 0.15) is 37.7 Å². The molecule has 0 aliphatic rings. The number of hydrogen-bond acceptors (Lipinski definition) is 5. The summed E-state index contributed by atoms with van der Waals surface area (Å²) in [7, 11) is 0. The second-order valence-electron chi connectivity index (χ2n) is 5.48. The number of aliphatic hydroxyl groups excluding tert-OH is 1. The van der Waals surface area contributed by atoms with Gasteiger partial charge in [-0.2, -0.15) is 4.98 Å². The molecule has 1 heterocycles. The van der Waals surface area contributed by atoms with Crippen molar-refractivity contribution >= 4 is 5.91 Å². The van der Waals surface area contributed by atoms with E-state index in [-0.39, 0.29) is 23.7 Å². The molecule has 2 aromatic rings. The van der Waals surface area contributed by atoms with Gasteiger partial charge in [-0.3, -0.25) is 4.79 Å². The number of benzene rings is 1. The monoisotopic (exact) mass is 325 g/mol. The molecule has 0 saturated heterocycles. The zero-order chi connectivity index (χ0) is 17.0. The van der Waals surface area contributed by atoms with Gasteiger partial charge in [0.2, 0.25) is 12.3 Å². The molecule has 0 spiro atoms. The first-order valence-electron chi connectivity index (χ1n) is 7.07. The lowest BCUT2D eigenvalue weighted by atomic mass is 10.0. The Balaban J connectivity index is 2.22. The Kier molecular flexibility index (Phi) is 5.38. The molecule has 2 atom stereocenters. The van der Waals surface area contributed by atoms with Crippen molar-refractivity contribution in [3.8, 4) is 0 Å². The van der Waals surface area contributed by atoms with Gasteiger partial charge in [0, 0.05) is 0 Å². The second kappa shape index (κ2) is 7.28. The third-order valence-corrected chi connectivity index (χ3v) is 3.38. The molecule has 0 aliphatic carbocycles. The lowest BCUT2D eigenvalue weighted by molar-refractivity contribution is -0.124. The molecule has 0 radical (unpaired) electrons. The Morgan fingerprint density at radius 2 is 2.09 bits per heavy atom. The largest absolute Gasteiger partial charge is 0.392 e. The summed E-state index contributed by atoms with van der Waals surface area (Å²) in [5, 5.41) is 16.0. The Bertz CT molecular complexity index is 662. The molecule has 0 fully saturated rings. The van der Waals surface area contributed by atoms with Gasteiger partial charge in [0.25, 0.3) is 0 Å². The van der Waals surface area contributed by atoms with Gasteiger partial charge in [0.15, 0.2) is 17.5 Å². The fourth-order valence-electron chi connectivity index (χ4n) is 1.94. The zero-order valence-corrected chi connectivity index (χ0v) is 12.7. The Labute approximate surface area is 131 Å². The van der Waals surface area contributed by atoms with Gasteiger partial charge in [-0.05, 0) is 23.6 Å². The molecule has 0 bridgehead atoms. The van der Waals surface area contributed by atoms with Crippen LogP contribution in [0.3, 0.4) is 0 Å². The van der Waals surface area contributed by atoms with Crippen molar-refractivity contribution in [2.45, 2.75) is 32.4 Å². The highest BCUT2D eigenvalue weighted by atomic mass is 19.2. The van der Waals surface area contributed by atoms with Gasteiger partial charge >= 0.3 is 0 Å². The van der Waals surface area contributed by atoms with Crippen molar-refractivity contribution in [3.05, 3.63) is 47.6 Å². The fourth-order valence-corrected chi connectivity index (χ4v) is 1.94. The third-order valence-electron chi connectivity index (χ3n) is 3.38. The number of aromatic nitrogens is 2. The quantitative estimate of drug-likeness (QED) is 0.847. The Hall–Kier alpha value is -2.35. The number of nitrogens with zero attached hydrogens (tertiary/aromatic N) is 2. The first-order chi connectivity index (χ1) is 10.9. The summed E-state index contributed by atoms with van der Waals surface area (Å²) in [6.45, 7) is 3.56. The van der Waals surface area contributed by atoms with Gasteiger partial charge in [0.1, 0.15) is 6.04 Å². The van der Waals surface area contributed by atoms with E-state index >= 15 is 0 Å². The third kappa shape index (κ3) is 4.32. The molecule has 0 aliphatic heterocycles. The number of halogens is 2. The summed E-state index contributed by atoms with van der Waals surface area (Å²) in [6, 6.07) is 2.32. The summed E-state index contributed by atoms with van der Waals surface area (Å²) in [4.78, 5) is 15.9. The van der Waals surface area contributed by atoms with E-state index in [9.17, 15) is 18.7 Å². The van der Waals surface area contributed by atoms with E-state index in [0.717, 1.165) is 18.5 Å². The maximum atomic E-state index is 13.4. The highest BCUT2D eigenvalue weighted by Crippen LogP contribution is 2.21. The molecule has 8 heteroatoms. The predicted molar refractivity (Wildman–Crippen MR) is 76.1 cm³/mol. The van der Waals surface area contributed by atoms with Gasteiger partial charge < -0.3 is 14.9 Å². The first-order valence-corrected chi connectivity index (χ1v) is 7.07. The molecule has 6 nitrogen and oxygen atoms in total. The number of aliphatic hydroxyl groups is 1. The molecule has 124 valence electrons. The SMILES string of the molecule is CC(C)[C@@H](O)CC(=O)N[C@@H](c1ccc(F)c(F)c1)c1ncon1. The van der Waals surface area contributed by atoms with Gasteiger partial charge in [0.05, 0.1) is 12.5 Å². The highest BCUT2D eigenvalue weighted by Gasteiger charge is 2.24. The van der Waals surface area contributed by atoms with Crippen LogP contribution in [0.5, 0.6) is 0 Å². The molecule has 0 unspecified atom stereocenters. The van der Waals surface area contributed by atoms with E-state index in [1.807, 2.05) is 0 Å². The summed E-state index contributed by atoms with van der Waals surface area (Å²) < 4.78 is 31.2. The molecule has 2 N–H and O–H groups in total. The average Bonchev–Trinajstić information content (AvgIpc) is 3.01. The van der Waals surface area contributed by atoms with E-state index in [4.69, 9.17) is 0 Å². The minimum absolute atomic E-state index is 0.0901. The van der Waals surface area contributed by atoms with Crippen molar-refractivity contribution < 1.29 is 23.2 Å². The molecule has 2 rings (SSSR count). The van der Waals surface area contributed by atoms with Gasteiger partial charge in [-0.15, -0.1) is 0 Å². The van der Waals surface area contributed by atoms with Crippen molar-refractivity contribution in [2.24, 2.45) is 5.92 Å². The highest BCUT2D eigenvalue weighted by molar-refractivity contribution is 5.77. The molecule has 1 aromatic carbocycles. The van der Waals surface area contributed by atoms with Gasteiger partial charge in [-0.1, -0.05) is 25.1 Å². The zero-order valence-electron chi connectivity index (χ0n) is 12.7. The summed E-state index contributed by atoms with van der Waals surface area (Å²) >= 11 is 0. The Morgan fingerprint density at radius 1 is 1.35 bits per heavy atom. The average molecular weight is 325 g/mol. The van der Waals surface area contributed by atoms with Crippen LogP contribution in [0.2, 0.25) is 0 Å². The van der Waals surface area contributed by atoms with Crippen LogP contribution < -0.4 is 5.32 Å². The van der Waals surface area contributed by atoms with Crippen LogP contribution in [-0.2, 0) is 4.79 Å². The first kappa shape index (κ1) is 17.0. The van der Waals surface area contributed by atoms with E-state index in [1.165, 1.54) is 6.07 Å². The lowest BCUT2D eigenvalue weighted by Crippen LogP contribution is -2.33. The predicted octanol–water partition coefficient (Wildman–Crippen LogP) is 1.96. The topological polar surface area (TPSA) is 88.2 Å². The Morgan fingerprint density at radius 3 is 2.65 bits per heavy atom. The number of nitrogens with one attached hydrogen (secondary N) is 1. The molecule has 1 aromatic heterocycles. The summed E-state index contributed by atoms with van der Waals surface area (Å²) in [5.74, 6) is -2.50. The van der Waals surface area contributed by atoms with Crippen LogP contribution in [-0.4, -0.2) is 27.3 Å². The van der Waals surface area contributed by atoms with Crippen LogP contribution in [0, 0.1) is 17.6 Å². The van der Waals surface area contributed by atoms with E-state index in [2.05, 4.69) is 20.0 Å². The van der Waals surface area contributed by atoms with E-state index in [1.54, 1.807) is 13.8 Å². The number of carbonyl (C=O) groups excluding carboxylic acids is 1. The standard InChI is InChI=1S/C15H17F2N3O3/c1-8(2)12(21)6-13(22)19-14(15-18-7-23-20-15)9-3-4-10(16)11(17)5-9/h3-5,7-8,12,14,21H,6H2,1-2H3,(H,19,22)/t12-,14-/m0/s1. The molecular weight excluding hydrogens is 308 g/mol. The molecule has 0 saturated carbocycles. The van der Waals surface area contributed by atoms with Crippen molar-refractivity contribution in [3.63, 3.8) is 0 Å².